The van der Waals surface area contributed by atoms with Gasteiger partial charge in [-0.15, -0.1) is 11.3 Å². The van der Waals surface area contributed by atoms with Gasteiger partial charge in [-0.2, -0.15) is 0 Å². The molecule has 5 nitrogen and oxygen atoms in total. The van der Waals surface area contributed by atoms with Gasteiger partial charge in [-0.1, -0.05) is 41.9 Å². The van der Waals surface area contributed by atoms with E-state index < -0.39 is 0 Å². The maximum atomic E-state index is 13.2. The molecule has 2 aliphatic rings. The first-order chi connectivity index (χ1) is 16.6. The fraction of sp³-hybridized carbons (Fsp3) is 0.444. The molecular formula is C27H30ClN3O2S. The van der Waals surface area contributed by atoms with Crippen LogP contribution in [0.25, 0.3) is 10.2 Å². The lowest BCUT2D eigenvalue weighted by molar-refractivity contribution is -0.141. The monoisotopic (exact) mass is 495 g/mol. The third kappa shape index (κ3) is 5.28. The number of carbonyl (C=O) groups is 2. The minimum absolute atomic E-state index is 0.0410. The van der Waals surface area contributed by atoms with Crippen molar-refractivity contribution in [3.63, 3.8) is 0 Å². The summed E-state index contributed by atoms with van der Waals surface area (Å²) >= 11 is 7.85. The Bertz CT molecular complexity index is 1150. The second kappa shape index (κ2) is 10.4. The van der Waals surface area contributed by atoms with E-state index in [9.17, 15) is 9.59 Å². The van der Waals surface area contributed by atoms with Crippen LogP contribution < -0.4 is 0 Å². The van der Waals surface area contributed by atoms with E-state index in [1.807, 2.05) is 46.2 Å². The van der Waals surface area contributed by atoms with E-state index in [-0.39, 0.29) is 17.7 Å². The van der Waals surface area contributed by atoms with Crippen molar-refractivity contribution in [2.75, 3.05) is 26.2 Å². The van der Waals surface area contributed by atoms with E-state index >= 15 is 0 Å². The number of piperidine rings is 2. The second-order valence-electron chi connectivity index (χ2n) is 9.40. The third-order valence-corrected chi connectivity index (χ3v) is 8.62. The highest BCUT2D eigenvalue weighted by molar-refractivity contribution is 7.18. The number of thiazole rings is 1. The zero-order valence-electron chi connectivity index (χ0n) is 19.3. The molecule has 0 radical (unpaired) electrons. The Kier molecular flexibility index (Phi) is 7.16. The molecule has 0 N–H and O–H groups in total. The Morgan fingerprint density at radius 2 is 1.65 bits per heavy atom. The van der Waals surface area contributed by atoms with Gasteiger partial charge in [0.05, 0.1) is 15.2 Å². The molecule has 1 aromatic heterocycles. The molecule has 0 saturated carbocycles. The van der Waals surface area contributed by atoms with Gasteiger partial charge in [0.25, 0.3) is 0 Å². The molecule has 2 saturated heterocycles. The Balaban J connectivity index is 1.08. The van der Waals surface area contributed by atoms with Gasteiger partial charge >= 0.3 is 0 Å². The number of carbonyl (C=O) groups excluding carboxylic acids is 2. The molecule has 0 unspecified atom stereocenters. The summed E-state index contributed by atoms with van der Waals surface area (Å²) in [6.07, 6.45) is 4.76. The van der Waals surface area contributed by atoms with Crippen molar-refractivity contribution in [2.24, 2.45) is 5.92 Å². The zero-order chi connectivity index (χ0) is 23.5. The quantitative estimate of drug-likeness (QED) is 0.467. The van der Waals surface area contributed by atoms with Crippen molar-refractivity contribution in [2.45, 2.75) is 44.4 Å². The minimum Gasteiger partial charge on any atom is -0.343 e. The van der Waals surface area contributed by atoms with Gasteiger partial charge in [0, 0.05) is 49.5 Å². The summed E-state index contributed by atoms with van der Waals surface area (Å²) in [5.74, 6) is 0.919. The molecule has 3 aromatic rings. The van der Waals surface area contributed by atoms with E-state index in [0.717, 1.165) is 55.7 Å². The molecular weight excluding hydrogens is 466 g/mol. The van der Waals surface area contributed by atoms with E-state index in [0.29, 0.717) is 30.5 Å². The number of aromatic nitrogens is 1. The number of amides is 2. The highest BCUT2D eigenvalue weighted by atomic mass is 35.5. The van der Waals surface area contributed by atoms with Crippen LogP contribution in [0.1, 0.15) is 48.6 Å². The summed E-state index contributed by atoms with van der Waals surface area (Å²) in [6.45, 7) is 2.95. The fourth-order valence-electron chi connectivity index (χ4n) is 5.13. The summed E-state index contributed by atoms with van der Waals surface area (Å²) in [4.78, 5) is 34.6. The Hall–Kier alpha value is -2.44. The van der Waals surface area contributed by atoms with Crippen molar-refractivity contribution in [3.8, 4) is 0 Å². The summed E-state index contributed by atoms with van der Waals surface area (Å²) in [7, 11) is 0. The number of fused-ring (bicyclic) bond motifs is 1. The maximum absolute atomic E-state index is 13.2. The Labute approximate surface area is 209 Å². The topological polar surface area (TPSA) is 53.5 Å². The second-order valence-corrected chi connectivity index (χ2v) is 10.9. The van der Waals surface area contributed by atoms with Crippen LogP contribution in [0, 0.1) is 5.92 Å². The molecule has 0 aliphatic carbocycles. The predicted molar refractivity (Wildman–Crippen MR) is 137 cm³/mol. The smallest absolute Gasteiger partial charge is 0.225 e. The SMILES string of the molecule is O=C(CCc1ccccc1)N1CCC(C(=O)N2CCC(c3nc4cc(Cl)ccc4s3)CC2)CC1. The standard InChI is InChI=1S/C27H30ClN3O2S/c28-22-7-8-24-23(18-22)29-26(34-24)20-10-16-31(17-11-20)27(33)21-12-14-30(15-13-21)25(32)9-6-19-4-2-1-3-5-19/h1-5,7-8,18,20-21H,6,9-17H2. The molecule has 0 atom stereocenters. The number of hydrogen-bond acceptors (Lipinski definition) is 4. The third-order valence-electron chi connectivity index (χ3n) is 7.19. The number of benzene rings is 2. The Morgan fingerprint density at radius 3 is 2.38 bits per heavy atom. The Morgan fingerprint density at radius 1 is 0.941 bits per heavy atom. The van der Waals surface area contributed by atoms with Crippen molar-refractivity contribution < 1.29 is 9.59 Å². The van der Waals surface area contributed by atoms with Gasteiger partial charge in [0.1, 0.15) is 0 Å². The fourth-order valence-corrected chi connectivity index (χ4v) is 6.41. The van der Waals surface area contributed by atoms with Crippen LogP contribution in [0.15, 0.2) is 48.5 Å². The van der Waals surface area contributed by atoms with Crippen molar-refractivity contribution in [3.05, 3.63) is 64.1 Å². The first-order valence-electron chi connectivity index (χ1n) is 12.2. The lowest BCUT2D eigenvalue weighted by Crippen LogP contribution is -2.46. The van der Waals surface area contributed by atoms with Crippen LogP contribution in [-0.4, -0.2) is 52.8 Å². The molecule has 178 valence electrons. The van der Waals surface area contributed by atoms with Gasteiger partial charge < -0.3 is 9.80 Å². The molecule has 2 aliphatic heterocycles. The number of likely N-dealkylation sites (tertiary alicyclic amines) is 2. The minimum atomic E-state index is 0.0410. The summed E-state index contributed by atoms with van der Waals surface area (Å²) in [6, 6.07) is 16.0. The average molecular weight is 496 g/mol. The lowest BCUT2D eigenvalue weighted by atomic mass is 9.92. The summed E-state index contributed by atoms with van der Waals surface area (Å²) in [5.41, 5.74) is 2.16. The predicted octanol–water partition coefficient (Wildman–Crippen LogP) is 5.53. The van der Waals surface area contributed by atoms with Crippen LogP contribution in [0.5, 0.6) is 0 Å². The first kappa shape index (κ1) is 23.3. The molecule has 2 amide bonds. The normalized spacial score (nSPS) is 17.9. The molecule has 3 heterocycles. The van der Waals surface area contributed by atoms with Gasteiger partial charge in [0.15, 0.2) is 0 Å². The van der Waals surface area contributed by atoms with Gasteiger partial charge in [-0.3, -0.25) is 9.59 Å². The number of aryl methyl sites for hydroxylation is 1. The van der Waals surface area contributed by atoms with Gasteiger partial charge in [-0.05, 0) is 55.9 Å². The molecule has 34 heavy (non-hydrogen) atoms. The van der Waals surface area contributed by atoms with Gasteiger partial charge in [-0.25, -0.2) is 4.98 Å². The number of hydrogen-bond donors (Lipinski definition) is 0. The van der Waals surface area contributed by atoms with E-state index in [1.54, 1.807) is 11.3 Å². The van der Waals surface area contributed by atoms with Crippen LogP contribution in [0.4, 0.5) is 0 Å². The van der Waals surface area contributed by atoms with Crippen molar-refractivity contribution in [1.29, 1.82) is 0 Å². The van der Waals surface area contributed by atoms with Crippen LogP contribution in [-0.2, 0) is 16.0 Å². The maximum Gasteiger partial charge on any atom is 0.225 e. The van der Waals surface area contributed by atoms with Crippen LogP contribution in [0.3, 0.4) is 0 Å². The molecule has 2 fully saturated rings. The highest BCUT2D eigenvalue weighted by Crippen LogP contribution is 2.35. The van der Waals surface area contributed by atoms with Crippen LogP contribution >= 0.6 is 22.9 Å². The van der Waals surface area contributed by atoms with Gasteiger partial charge in [0.2, 0.25) is 11.8 Å². The molecule has 2 aromatic carbocycles. The molecule has 5 rings (SSSR count). The number of halogens is 1. The molecule has 7 heteroatoms. The summed E-state index contributed by atoms with van der Waals surface area (Å²) < 4.78 is 1.17. The lowest BCUT2D eigenvalue weighted by Gasteiger charge is -2.37. The number of rotatable bonds is 5. The van der Waals surface area contributed by atoms with Crippen molar-refractivity contribution >= 4 is 45.0 Å². The number of nitrogens with zero attached hydrogens (tertiary/aromatic N) is 3. The van der Waals surface area contributed by atoms with E-state index in [2.05, 4.69) is 12.1 Å². The van der Waals surface area contributed by atoms with E-state index in [1.165, 1.54) is 10.3 Å². The van der Waals surface area contributed by atoms with Crippen molar-refractivity contribution in [1.82, 2.24) is 14.8 Å². The highest BCUT2D eigenvalue weighted by Gasteiger charge is 2.32. The zero-order valence-corrected chi connectivity index (χ0v) is 20.9. The first-order valence-corrected chi connectivity index (χ1v) is 13.4. The van der Waals surface area contributed by atoms with Crippen LogP contribution in [0.2, 0.25) is 5.02 Å². The van der Waals surface area contributed by atoms with E-state index in [4.69, 9.17) is 16.6 Å². The molecule has 0 bridgehead atoms. The molecule has 0 spiro atoms. The average Bonchev–Trinajstić information content (AvgIpc) is 3.31. The largest absolute Gasteiger partial charge is 0.343 e. The summed E-state index contributed by atoms with van der Waals surface area (Å²) in [5, 5.41) is 1.88.